The average molecular weight is 394 g/mol. The van der Waals surface area contributed by atoms with Crippen LogP contribution in [0.25, 0.3) is 11.0 Å². The summed E-state index contributed by atoms with van der Waals surface area (Å²) in [4.78, 5) is 27.0. The average Bonchev–Trinajstić information content (AvgIpc) is 2.71. The first-order chi connectivity index (χ1) is 14.0. The van der Waals surface area contributed by atoms with Crippen molar-refractivity contribution in [2.75, 3.05) is 25.7 Å². The molecule has 0 radical (unpaired) electrons. The van der Waals surface area contributed by atoms with E-state index in [4.69, 9.17) is 14.5 Å². The molecule has 1 aliphatic heterocycles. The summed E-state index contributed by atoms with van der Waals surface area (Å²) in [5, 5.41) is 0.567. The van der Waals surface area contributed by atoms with Gasteiger partial charge < -0.3 is 19.4 Å². The molecule has 0 fully saturated rings. The van der Waals surface area contributed by atoms with E-state index in [1.54, 1.807) is 14.2 Å². The maximum absolute atomic E-state index is 12.5. The number of rotatable bonds is 5. The Kier molecular flexibility index (Phi) is 5.13. The normalized spacial score (nSPS) is 13.4. The Labute approximate surface area is 169 Å². The number of hydrogen-bond acceptors (Lipinski definition) is 6. The predicted molar refractivity (Wildman–Crippen MR) is 113 cm³/mol. The lowest BCUT2D eigenvalue weighted by atomic mass is 9.98. The zero-order chi connectivity index (χ0) is 20.5. The third-order valence-corrected chi connectivity index (χ3v) is 5.44. The summed E-state index contributed by atoms with van der Waals surface area (Å²) in [7, 11) is 3.30. The van der Waals surface area contributed by atoms with E-state index >= 15 is 0 Å². The molecule has 3 heterocycles. The Morgan fingerprint density at radius 3 is 2.52 bits per heavy atom. The van der Waals surface area contributed by atoms with Crippen LogP contribution < -0.4 is 19.9 Å². The van der Waals surface area contributed by atoms with E-state index < -0.39 is 0 Å². The minimum atomic E-state index is -0.115. The molecule has 1 aliphatic rings. The van der Waals surface area contributed by atoms with Gasteiger partial charge in [0.15, 0.2) is 17.1 Å². The highest BCUT2D eigenvalue weighted by molar-refractivity contribution is 5.79. The predicted octanol–water partition coefficient (Wildman–Crippen LogP) is 3.16. The molecule has 7 nitrogen and oxygen atoms in total. The second-order valence-corrected chi connectivity index (χ2v) is 7.41. The number of benzene rings is 1. The molecule has 0 bridgehead atoms. The maximum atomic E-state index is 12.5. The van der Waals surface area contributed by atoms with Gasteiger partial charge in [-0.05, 0) is 54.7 Å². The van der Waals surface area contributed by atoms with Crippen LogP contribution in [0.5, 0.6) is 11.5 Å². The fourth-order valence-corrected chi connectivity index (χ4v) is 3.95. The highest BCUT2D eigenvalue weighted by Gasteiger charge is 2.22. The van der Waals surface area contributed by atoms with Gasteiger partial charge in [0, 0.05) is 19.5 Å². The van der Waals surface area contributed by atoms with Gasteiger partial charge in [-0.25, -0.2) is 9.97 Å². The number of pyridine rings is 1. The summed E-state index contributed by atoms with van der Waals surface area (Å²) in [6.07, 6.45) is 2.54. The van der Waals surface area contributed by atoms with Gasteiger partial charge in [0.2, 0.25) is 0 Å². The molecule has 0 saturated heterocycles. The third kappa shape index (κ3) is 3.52. The fraction of sp³-hybridized carbons (Fsp3) is 0.409. The summed E-state index contributed by atoms with van der Waals surface area (Å²) >= 11 is 0. The van der Waals surface area contributed by atoms with Crippen LogP contribution >= 0.6 is 0 Å². The molecule has 152 valence electrons. The zero-order valence-corrected chi connectivity index (χ0v) is 17.3. The van der Waals surface area contributed by atoms with Crippen LogP contribution in [0.2, 0.25) is 0 Å². The molecule has 0 atom stereocenters. The van der Waals surface area contributed by atoms with Crippen molar-refractivity contribution in [1.29, 1.82) is 0 Å². The van der Waals surface area contributed by atoms with Crippen molar-refractivity contribution in [2.24, 2.45) is 0 Å². The molecule has 1 N–H and O–H groups in total. The van der Waals surface area contributed by atoms with Crippen LogP contribution in [0.1, 0.15) is 35.9 Å². The maximum Gasteiger partial charge on any atom is 0.260 e. The summed E-state index contributed by atoms with van der Waals surface area (Å²) in [5.41, 5.74) is 3.75. The lowest BCUT2D eigenvalue weighted by Crippen LogP contribution is -2.31. The van der Waals surface area contributed by atoms with Crippen molar-refractivity contribution in [3.05, 3.63) is 51.1 Å². The van der Waals surface area contributed by atoms with Crippen LogP contribution in [-0.2, 0) is 19.4 Å². The Morgan fingerprint density at radius 2 is 1.83 bits per heavy atom. The first kappa shape index (κ1) is 19.2. The Hall–Kier alpha value is -3.09. The number of methoxy groups -OCH3 is 2. The SMILES string of the molecule is CCCc1nc2nc(N3CCc4cc(OC)c(OC)cc4C3)cc(C)c2c(=O)[nH]1. The molecule has 7 heteroatoms. The Balaban J connectivity index is 1.73. The molecule has 0 spiro atoms. The second kappa shape index (κ2) is 7.73. The van der Waals surface area contributed by atoms with Crippen LogP contribution in [0.3, 0.4) is 0 Å². The molecule has 0 aliphatic carbocycles. The third-order valence-electron chi connectivity index (χ3n) is 5.44. The highest BCUT2D eigenvalue weighted by Crippen LogP contribution is 2.34. The lowest BCUT2D eigenvalue weighted by Gasteiger charge is -2.30. The summed E-state index contributed by atoms with van der Waals surface area (Å²) in [6.45, 7) is 5.56. The smallest absolute Gasteiger partial charge is 0.260 e. The van der Waals surface area contributed by atoms with E-state index in [1.165, 1.54) is 11.1 Å². The molecule has 29 heavy (non-hydrogen) atoms. The number of fused-ring (bicyclic) bond motifs is 2. The summed E-state index contributed by atoms with van der Waals surface area (Å²) in [5.74, 6) is 3.02. The number of aryl methyl sites for hydroxylation is 2. The van der Waals surface area contributed by atoms with Gasteiger partial charge in [-0.3, -0.25) is 4.79 Å². The number of H-pyrrole nitrogens is 1. The first-order valence-corrected chi connectivity index (χ1v) is 9.93. The molecule has 4 rings (SSSR count). The van der Waals surface area contributed by atoms with E-state index in [9.17, 15) is 4.79 Å². The van der Waals surface area contributed by atoms with Gasteiger partial charge in [0.05, 0.1) is 19.6 Å². The standard InChI is InChI=1S/C22H26N4O3/c1-5-6-18-23-21-20(22(27)24-18)13(2)9-19(25-21)26-8-7-14-10-16(28-3)17(29-4)11-15(14)12-26/h9-11H,5-8,12H2,1-4H3,(H,23,24,25,27). The quantitative estimate of drug-likeness (QED) is 0.716. The van der Waals surface area contributed by atoms with Crippen molar-refractivity contribution < 1.29 is 9.47 Å². The van der Waals surface area contributed by atoms with Gasteiger partial charge in [-0.15, -0.1) is 0 Å². The largest absolute Gasteiger partial charge is 0.493 e. The van der Waals surface area contributed by atoms with Gasteiger partial charge >= 0.3 is 0 Å². The monoisotopic (exact) mass is 394 g/mol. The van der Waals surface area contributed by atoms with Crippen molar-refractivity contribution in [3.63, 3.8) is 0 Å². The molecule has 0 unspecified atom stereocenters. The number of nitrogens with one attached hydrogen (secondary N) is 1. The number of aromatic amines is 1. The van der Waals surface area contributed by atoms with E-state index in [2.05, 4.69) is 27.9 Å². The number of anilines is 1. The van der Waals surface area contributed by atoms with Gasteiger partial charge in [0.1, 0.15) is 11.6 Å². The fourth-order valence-electron chi connectivity index (χ4n) is 3.95. The first-order valence-electron chi connectivity index (χ1n) is 9.93. The Morgan fingerprint density at radius 1 is 1.10 bits per heavy atom. The molecular formula is C22H26N4O3. The number of ether oxygens (including phenoxy) is 2. The molecule has 3 aromatic rings. The number of nitrogens with zero attached hydrogens (tertiary/aromatic N) is 3. The molecule has 0 saturated carbocycles. The topological polar surface area (TPSA) is 80.3 Å². The van der Waals surface area contributed by atoms with Crippen LogP contribution in [0, 0.1) is 6.92 Å². The second-order valence-electron chi connectivity index (χ2n) is 7.41. The van der Waals surface area contributed by atoms with Crippen molar-refractivity contribution in [2.45, 2.75) is 39.7 Å². The molecule has 0 amide bonds. The number of hydrogen-bond donors (Lipinski definition) is 1. The van der Waals surface area contributed by atoms with Crippen LogP contribution in [-0.4, -0.2) is 35.7 Å². The van der Waals surface area contributed by atoms with E-state index in [0.717, 1.165) is 55.2 Å². The van der Waals surface area contributed by atoms with E-state index in [-0.39, 0.29) is 5.56 Å². The molecule has 1 aromatic carbocycles. The molecular weight excluding hydrogens is 368 g/mol. The van der Waals surface area contributed by atoms with Crippen LogP contribution in [0.15, 0.2) is 23.0 Å². The van der Waals surface area contributed by atoms with E-state index in [1.807, 2.05) is 19.1 Å². The minimum Gasteiger partial charge on any atom is -0.493 e. The Bertz CT molecular complexity index is 1120. The minimum absolute atomic E-state index is 0.115. The van der Waals surface area contributed by atoms with Crippen molar-refractivity contribution in [3.8, 4) is 11.5 Å². The highest BCUT2D eigenvalue weighted by atomic mass is 16.5. The zero-order valence-electron chi connectivity index (χ0n) is 17.3. The lowest BCUT2D eigenvalue weighted by molar-refractivity contribution is 0.353. The summed E-state index contributed by atoms with van der Waals surface area (Å²) < 4.78 is 10.9. The van der Waals surface area contributed by atoms with Gasteiger partial charge in [0.25, 0.3) is 5.56 Å². The van der Waals surface area contributed by atoms with Gasteiger partial charge in [-0.1, -0.05) is 6.92 Å². The van der Waals surface area contributed by atoms with Gasteiger partial charge in [-0.2, -0.15) is 0 Å². The summed E-state index contributed by atoms with van der Waals surface area (Å²) in [6, 6.07) is 6.07. The van der Waals surface area contributed by atoms with Crippen molar-refractivity contribution in [1.82, 2.24) is 15.0 Å². The molecule has 2 aromatic heterocycles. The van der Waals surface area contributed by atoms with E-state index in [0.29, 0.717) is 16.9 Å². The van der Waals surface area contributed by atoms with Crippen molar-refractivity contribution >= 4 is 16.9 Å². The van der Waals surface area contributed by atoms with Crippen LogP contribution in [0.4, 0.5) is 5.82 Å². The number of aromatic nitrogens is 3.